The van der Waals surface area contributed by atoms with Gasteiger partial charge < -0.3 is 9.30 Å². The van der Waals surface area contributed by atoms with E-state index in [2.05, 4.69) is 15.5 Å². The molecule has 6 heteroatoms. The lowest BCUT2D eigenvalue weighted by Crippen LogP contribution is -2.19. The molecule has 0 radical (unpaired) electrons. The SMILES string of the molecule is COc1ccc(C=NNC(=O)CCn2cnc3ccccc32)cc1. The maximum atomic E-state index is 11.9. The summed E-state index contributed by atoms with van der Waals surface area (Å²) >= 11 is 0. The van der Waals surface area contributed by atoms with Crippen LogP contribution >= 0.6 is 0 Å². The first-order valence-electron chi connectivity index (χ1n) is 7.62. The number of hydrazone groups is 1. The molecule has 0 spiro atoms. The van der Waals surface area contributed by atoms with Crippen LogP contribution in [0.2, 0.25) is 0 Å². The Labute approximate surface area is 139 Å². The molecule has 3 aromatic rings. The van der Waals surface area contributed by atoms with Gasteiger partial charge in [0.05, 0.1) is 30.7 Å². The molecular weight excluding hydrogens is 304 g/mol. The Balaban J connectivity index is 1.51. The molecular formula is C18H18N4O2. The second-order valence-electron chi connectivity index (χ2n) is 5.24. The van der Waals surface area contributed by atoms with Gasteiger partial charge in [0.25, 0.3) is 0 Å². The summed E-state index contributed by atoms with van der Waals surface area (Å²) < 4.78 is 7.05. The van der Waals surface area contributed by atoms with Crippen LogP contribution in [0.4, 0.5) is 0 Å². The third kappa shape index (κ3) is 3.78. The molecule has 1 N–H and O–H groups in total. The summed E-state index contributed by atoms with van der Waals surface area (Å²) in [5.74, 6) is 0.640. The van der Waals surface area contributed by atoms with Gasteiger partial charge in [0.2, 0.25) is 5.91 Å². The van der Waals surface area contributed by atoms with Gasteiger partial charge in [-0.05, 0) is 42.0 Å². The van der Waals surface area contributed by atoms with Gasteiger partial charge >= 0.3 is 0 Å². The van der Waals surface area contributed by atoms with E-state index in [0.717, 1.165) is 22.3 Å². The van der Waals surface area contributed by atoms with Gasteiger partial charge in [-0.2, -0.15) is 5.10 Å². The van der Waals surface area contributed by atoms with E-state index < -0.39 is 0 Å². The Kier molecular flexibility index (Phi) is 4.86. The number of amides is 1. The third-order valence-corrected chi connectivity index (χ3v) is 3.63. The fourth-order valence-corrected chi connectivity index (χ4v) is 2.34. The number of benzene rings is 2. The van der Waals surface area contributed by atoms with Crippen LogP contribution in [0, 0.1) is 0 Å². The molecule has 0 atom stereocenters. The zero-order chi connectivity index (χ0) is 16.8. The number of methoxy groups -OCH3 is 1. The van der Waals surface area contributed by atoms with Crippen LogP contribution in [-0.4, -0.2) is 28.8 Å². The van der Waals surface area contributed by atoms with Crippen molar-refractivity contribution >= 4 is 23.2 Å². The summed E-state index contributed by atoms with van der Waals surface area (Å²) in [5.41, 5.74) is 5.37. The van der Waals surface area contributed by atoms with Crippen molar-refractivity contribution in [2.24, 2.45) is 5.10 Å². The van der Waals surface area contributed by atoms with Gasteiger partial charge in [0.1, 0.15) is 5.75 Å². The molecule has 1 amide bonds. The summed E-state index contributed by atoms with van der Waals surface area (Å²) in [5, 5.41) is 3.97. The Morgan fingerprint density at radius 2 is 2.04 bits per heavy atom. The van der Waals surface area contributed by atoms with Gasteiger partial charge in [0.15, 0.2) is 0 Å². The molecule has 0 bridgehead atoms. The number of hydrogen-bond acceptors (Lipinski definition) is 4. The van der Waals surface area contributed by atoms with E-state index >= 15 is 0 Å². The lowest BCUT2D eigenvalue weighted by molar-refractivity contribution is -0.121. The Hall–Kier alpha value is -3.15. The van der Waals surface area contributed by atoms with Crippen molar-refractivity contribution in [3.63, 3.8) is 0 Å². The van der Waals surface area contributed by atoms with Crippen molar-refractivity contribution in [3.05, 3.63) is 60.4 Å². The average molecular weight is 322 g/mol. The number of fused-ring (bicyclic) bond motifs is 1. The van der Waals surface area contributed by atoms with Crippen molar-refractivity contribution in [1.82, 2.24) is 15.0 Å². The highest BCUT2D eigenvalue weighted by Crippen LogP contribution is 2.12. The molecule has 0 aliphatic rings. The number of hydrogen-bond donors (Lipinski definition) is 1. The fraction of sp³-hybridized carbons (Fsp3) is 0.167. The Morgan fingerprint density at radius 1 is 1.25 bits per heavy atom. The number of rotatable bonds is 6. The molecule has 24 heavy (non-hydrogen) atoms. The lowest BCUT2D eigenvalue weighted by atomic mass is 10.2. The lowest BCUT2D eigenvalue weighted by Gasteiger charge is -2.03. The second-order valence-corrected chi connectivity index (χ2v) is 5.24. The van der Waals surface area contributed by atoms with E-state index in [-0.39, 0.29) is 5.91 Å². The van der Waals surface area contributed by atoms with E-state index in [9.17, 15) is 4.79 Å². The number of nitrogens with zero attached hydrogens (tertiary/aromatic N) is 3. The van der Waals surface area contributed by atoms with Crippen molar-refractivity contribution in [2.75, 3.05) is 7.11 Å². The molecule has 2 aromatic carbocycles. The minimum atomic E-state index is -0.141. The van der Waals surface area contributed by atoms with Crippen LogP contribution in [-0.2, 0) is 11.3 Å². The van der Waals surface area contributed by atoms with Gasteiger partial charge in [0, 0.05) is 13.0 Å². The minimum Gasteiger partial charge on any atom is -0.497 e. The zero-order valence-corrected chi connectivity index (χ0v) is 13.3. The van der Waals surface area contributed by atoms with E-state index in [1.807, 2.05) is 53.1 Å². The molecule has 3 rings (SSSR count). The zero-order valence-electron chi connectivity index (χ0n) is 13.3. The number of para-hydroxylation sites is 2. The number of imidazole rings is 1. The normalized spacial score (nSPS) is 11.0. The van der Waals surface area contributed by atoms with Gasteiger partial charge in [-0.15, -0.1) is 0 Å². The molecule has 0 aliphatic heterocycles. The van der Waals surface area contributed by atoms with Crippen LogP contribution in [0.25, 0.3) is 11.0 Å². The average Bonchev–Trinajstić information content (AvgIpc) is 3.04. The maximum absolute atomic E-state index is 11.9. The monoisotopic (exact) mass is 322 g/mol. The number of carbonyl (C=O) groups excluding carboxylic acids is 1. The predicted molar refractivity (Wildman–Crippen MR) is 93.1 cm³/mol. The van der Waals surface area contributed by atoms with Crippen molar-refractivity contribution in [3.8, 4) is 5.75 Å². The predicted octanol–water partition coefficient (Wildman–Crippen LogP) is 2.59. The highest BCUT2D eigenvalue weighted by atomic mass is 16.5. The third-order valence-electron chi connectivity index (χ3n) is 3.63. The van der Waals surface area contributed by atoms with Crippen LogP contribution < -0.4 is 10.2 Å². The van der Waals surface area contributed by atoms with Crippen LogP contribution in [0.3, 0.4) is 0 Å². The molecule has 0 saturated carbocycles. The van der Waals surface area contributed by atoms with Gasteiger partial charge in [-0.3, -0.25) is 4.79 Å². The number of carbonyl (C=O) groups is 1. The number of aryl methyl sites for hydroxylation is 1. The summed E-state index contributed by atoms with van der Waals surface area (Å²) in [6.45, 7) is 0.560. The Bertz CT molecular complexity index is 853. The molecule has 0 aliphatic carbocycles. The molecule has 0 saturated heterocycles. The molecule has 0 unspecified atom stereocenters. The van der Waals surface area contributed by atoms with E-state index in [1.165, 1.54) is 0 Å². The molecule has 122 valence electrons. The Morgan fingerprint density at radius 3 is 2.83 bits per heavy atom. The molecule has 1 heterocycles. The maximum Gasteiger partial charge on any atom is 0.241 e. The molecule has 6 nitrogen and oxygen atoms in total. The smallest absolute Gasteiger partial charge is 0.241 e. The van der Waals surface area contributed by atoms with Gasteiger partial charge in [-0.1, -0.05) is 12.1 Å². The van der Waals surface area contributed by atoms with Crippen molar-refractivity contribution in [2.45, 2.75) is 13.0 Å². The molecule has 0 fully saturated rings. The van der Waals surface area contributed by atoms with Crippen LogP contribution in [0.1, 0.15) is 12.0 Å². The van der Waals surface area contributed by atoms with Gasteiger partial charge in [-0.25, -0.2) is 10.4 Å². The minimum absolute atomic E-state index is 0.141. The molecule has 1 aromatic heterocycles. The quantitative estimate of drug-likeness (QED) is 0.560. The van der Waals surface area contributed by atoms with E-state index in [1.54, 1.807) is 19.7 Å². The highest BCUT2D eigenvalue weighted by Gasteiger charge is 2.04. The fourth-order valence-electron chi connectivity index (χ4n) is 2.34. The standard InChI is InChI=1S/C18H18N4O2/c1-24-15-8-6-14(7-9-15)12-20-21-18(23)10-11-22-13-19-16-4-2-3-5-17(16)22/h2-9,12-13H,10-11H2,1H3,(H,21,23). The first kappa shape index (κ1) is 15.7. The summed E-state index contributed by atoms with van der Waals surface area (Å²) in [7, 11) is 1.62. The highest BCUT2D eigenvalue weighted by molar-refractivity contribution is 5.82. The van der Waals surface area contributed by atoms with Crippen LogP contribution in [0.5, 0.6) is 5.75 Å². The number of nitrogens with one attached hydrogen (secondary N) is 1. The first-order valence-corrected chi connectivity index (χ1v) is 7.62. The van der Waals surface area contributed by atoms with Crippen molar-refractivity contribution in [1.29, 1.82) is 0 Å². The van der Waals surface area contributed by atoms with Crippen molar-refractivity contribution < 1.29 is 9.53 Å². The summed E-state index contributed by atoms with van der Waals surface area (Å²) in [6, 6.07) is 15.3. The second kappa shape index (κ2) is 7.41. The largest absolute Gasteiger partial charge is 0.497 e. The van der Waals surface area contributed by atoms with Crippen LogP contribution in [0.15, 0.2) is 60.0 Å². The first-order chi connectivity index (χ1) is 11.8. The van der Waals surface area contributed by atoms with E-state index in [4.69, 9.17) is 4.74 Å². The summed E-state index contributed by atoms with van der Waals surface area (Å²) in [6.07, 6.45) is 3.68. The number of aromatic nitrogens is 2. The topological polar surface area (TPSA) is 68.5 Å². The van der Waals surface area contributed by atoms with E-state index in [0.29, 0.717) is 13.0 Å². The number of ether oxygens (including phenoxy) is 1. The summed E-state index contributed by atoms with van der Waals surface area (Å²) in [4.78, 5) is 16.2.